The van der Waals surface area contributed by atoms with Crippen LogP contribution in [0.5, 0.6) is 0 Å². The molecule has 0 bridgehead atoms. The van der Waals surface area contributed by atoms with Crippen LogP contribution in [0.15, 0.2) is 18.2 Å². The van der Waals surface area contributed by atoms with E-state index < -0.39 is 11.6 Å². The van der Waals surface area contributed by atoms with Gasteiger partial charge < -0.3 is 10.2 Å². The van der Waals surface area contributed by atoms with E-state index in [0.29, 0.717) is 36.9 Å². The van der Waals surface area contributed by atoms with E-state index in [-0.39, 0.29) is 36.8 Å². The van der Waals surface area contributed by atoms with Crippen molar-refractivity contribution in [2.24, 2.45) is 11.8 Å². The summed E-state index contributed by atoms with van der Waals surface area (Å²) in [7, 11) is 0. The van der Waals surface area contributed by atoms with E-state index >= 15 is 0 Å². The number of hydrogen-bond acceptors (Lipinski definition) is 3. The smallest absolute Gasteiger partial charge is 0.222 e. The second-order valence-electron chi connectivity index (χ2n) is 8.28. The zero-order valence-electron chi connectivity index (χ0n) is 17.9. The monoisotopic (exact) mass is 465 g/mol. The first-order valence-electron chi connectivity index (χ1n) is 10.7. The molecule has 2 fully saturated rings. The van der Waals surface area contributed by atoms with E-state index in [0.717, 1.165) is 51.5 Å². The molecule has 2 heterocycles. The summed E-state index contributed by atoms with van der Waals surface area (Å²) in [6.45, 7) is 9.14. The van der Waals surface area contributed by atoms with Crippen molar-refractivity contribution in [1.82, 2.24) is 15.1 Å². The average Bonchev–Trinajstić information content (AvgIpc) is 2.71. The Balaban J connectivity index is 0.00000225. The average molecular weight is 466 g/mol. The van der Waals surface area contributed by atoms with Crippen LogP contribution in [0.2, 0.25) is 0 Å². The predicted molar refractivity (Wildman–Crippen MR) is 121 cm³/mol. The summed E-state index contributed by atoms with van der Waals surface area (Å²) in [4.78, 5) is 16.9. The van der Waals surface area contributed by atoms with Crippen molar-refractivity contribution in [2.75, 3.05) is 39.3 Å². The molecule has 2 saturated heterocycles. The topological polar surface area (TPSA) is 35.6 Å². The Morgan fingerprint density at radius 2 is 1.77 bits per heavy atom. The van der Waals surface area contributed by atoms with Crippen LogP contribution in [0.4, 0.5) is 8.78 Å². The number of nitrogens with one attached hydrogen (secondary N) is 1. The molecule has 2 unspecified atom stereocenters. The Labute approximate surface area is 191 Å². The maximum Gasteiger partial charge on any atom is 0.222 e. The van der Waals surface area contributed by atoms with Gasteiger partial charge in [0.05, 0.1) is 0 Å². The number of benzene rings is 1. The first-order valence-corrected chi connectivity index (χ1v) is 10.7. The minimum absolute atomic E-state index is 0. The highest BCUT2D eigenvalue weighted by atomic mass is 35.5. The highest BCUT2D eigenvalue weighted by Crippen LogP contribution is 2.29. The molecule has 0 aromatic heterocycles. The molecule has 4 nitrogen and oxygen atoms in total. The Morgan fingerprint density at radius 1 is 1.13 bits per heavy atom. The lowest BCUT2D eigenvalue weighted by atomic mass is 9.84. The Morgan fingerprint density at radius 3 is 2.33 bits per heavy atom. The van der Waals surface area contributed by atoms with Crippen molar-refractivity contribution in [1.29, 1.82) is 0 Å². The number of rotatable bonds is 6. The van der Waals surface area contributed by atoms with Crippen molar-refractivity contribution in [2.45, 2.75) is 45.6 Å². The van der Waals surface area contributed by atoms with Gasteiger partial charge in [0.15, 0.2) is 0 Å². The highest BCUT2D eigenvalue weighted by Gasteiger charge is 2.29. The van der Waals surface area contributed by atoms with Crippen molar-refractivity contribution >= 4 is 30.7 Å². The molecule has 0 radical (unpaired) electrons. The largest absolute Gasteiger partial charge is 0.340 e. The number of piperazine rings is 1. The second kappa shape index (κ2) is 12.8. The molecule has 30 heavy (non-hydrogen) atoms. The maximum atomic E-state index is 14.2. The first-order chi connectivity index (χ1) is 13.5. The third-order valence-electron chi connectivity index (χ3n) is 6.50. The quantitative estimate of drug-likeness (QED) is 0.674. The summed E-state index contributed by atoms with van der Waals surface area (Å²) in [5, 5.41) is 3.38. The summed E-state index contributed by atoms with van der Waals surface area (Å²) >= 11 is 0. The van der Waals surface area contributed by atoms with Gasteiger partial charge in [-0.2, -0.15) is 0 Å². The van der Waals surface area contributed by atoms with Gasteiger partial charge in [-0.05, 0) is 50.3 Å². The molecule has 1 aromatic carbocycles. The normalized spacial score (nSPS) is 20.1. The molecule has 0 spiro atoms. The fraction of sp³-hybridized carbons (Fsp3) is 0.682. The molecule has 172 valence electrons. The minimum atomic E-state index is -0.547. The van der Waals surface area contributed by atoms with Crippen LogP contribution >= 0.6 is 24.8 Å². The maximum absolute atomic E-state index is 14.2. The molecule has 3 rings (SSSR count). The van der Waals surface area contributed by atoms with Crippen LogP contribution in [0, 0.1) is 23.5 Å². The van der Waals surface area contributed by atoms with Gasteiger partial charge in [0.2, 0.25) is 5.91 Å². The van der Waals surface area contributed by atoms with Gasteiger partial charge in [-0.25, -0.2) is 8.78 Å². The summed E-state index contributed by atoms with van der Waals surface area (Å²) in [5.74, 6) is 0.268. The van der Waals surface area contributed by atoms with Crippen LogP contribution in [-0.4, -0.2) is 55.0 Å². The molecule has 2 aliphatic rings. The highest BCUT2D eigenvalue weighted by molar-refractivity contribution is 5.85. The predicted octanol–water partition coefficient (Wildman–Crippen LogP) is 4.43. The molecule has 0 aliphatic carbocycles. The Bertz CT molecular complexity index is 666. The lowest BCUT2D eigenvalue weighted by Crippen LogP contribution is -2.50. The van der Waals surface area contributed by atoms with E-state index in [2.05, 4.69) is 17.1 Å². The molecular formula is C22H35Cl2F2N3O. The fourth-order valence-corrected chi connectivity index (χ4v) is 4.71. The van der Waals surface area contributed by atoms with Crippen molar-refractivity contribution < 1.29 is 13.6 Å². The van der Waals surface area contributed by atoms with Gasteiger partial charge in [-0.15, -0.1) is 24.8 Å². The lowest BCUT2D eigenvalue weighted by Gasteiger charge is -2.40. The SMILES string of the molecule is CCC(c1ccc(F)cc1F)N1CCN(C(=O)CC(C)C2CCNCC2)CC1.Cl.Cl. The van der Waals surface area contributed by atoms with Crippen molar-refractivity contribution in [3.8, 4) is 0 Å². The number of piperidine rings is 1. The molecule has 8 heteroatoms. The fourth-order valence-electron chi connectivity index (χ4n) is 4.71. The van der Waals surface area contributed by atoms with E-state index in [1.165, 1.54) is 6.07 Å². The number of carbonyl (C=O) groups excluding carboxylic acids is 1. The van der Waals surface area contributed by atoms with Crippen LogP contribution in [-0.2, 0) is 4.79 Å². The van der Waals surface area contributed by atoms with Gasteiger partial charge in [-0.3, -0.25) is 9.69 Å². The number of amides is 1. The molecule has 1 aromatic rings. The number of hydrogen-bond donors (Lipinski definition) is 1. The summed E-state index contributed by atoms with van der Waals surface area (Å²) < 4.78 is 27.5. The van der Waals surface area contributed by atoms with E-state index in [1.54, 1.807) is 6.07 Å². The summed E-state index contributed by atoms with van der Waals surface area (Å²) in [5.41, 5.74) is 0.545. The molecule has 1 N–H and O–H groups in total. The Hall–Kier alpha value is -0.950. The summed E-state index contributed by atoms with van der Waals surface area (Å²) in [6, 6.07) is 3.76. The van der Waals surface area contributed by atoms with E-state index in [1.807, 2.05) is 11.8 Å². The molecule has 0 saturated carbocycles. The van der Waals surface area contributed by atoms with Gasteiger partial charge in [0.1, 0.15) is 11.6 Å². The van der Waals surface area contributed by atoms with E-state index in [4.69, 9.17) is 0 Å². The number of nitrogens with zero attached hydrogens (tertiary/aromatic N) is 2. The Kier molecular flexibility index (Phi) is 11.6. The number of carbonyl (C=O) groups is 1. The van der Waals surface area contributed by atoms with Gasteiger partial charge >= 0.3 is 0 Å². The van der Waals surface area contributed by atoms with Crippen LogP contribution in [0.3, 0.4) is 0 Å². The van der Waals surface area contributed by atoms with Crippen molar-refractivity contribution in [3.05, 3.63) is 35.4 Å². The molecule has 2 aliphatic heterocycles. The minimum Gasteiger partial charge on any atom is -0.340 e. The first kappa shape index (κ1) is 27.1. The number of halogens is 4. The van der Waals surface area contributed by atoms with E-state index in [9.17, 15) is 13.6 Å². The summed E-state index contributed by atoms with van der Waals surface area (Å²) in [6.07, 6.45) is 3.69. The zero-order chi connectivity index (χ0) is 20.1. The standard InChI is InChI=1S/C22H33F2N3O.2ClH/c1-3-21(19-5-4-18(23)15-20(19)24)26-10-12-27(13-11-26)22(28)14-16(2)17-6-8-25-9-7-17;;/h4-5,15-17,21,25H,3,6-14H2,1-2H3;2*1H. The molecule has 2 atom stereocenters. The van der Waals surface area contributed by atoms with Gasteiger partial charge in [-0.1, -0.05) is 19.9 Å². The third-order valence-corrected chi connectivity index (χ3v) is 6.50. The van der Waals surface area contributed by atoms with Crippen LogP contribution < -0.4 is 5.32 Å². The second-order valence-corrected chi connectivity index (χ2v) is 8.28. The zero-order valence-corrected chi connectivity index (χ0v) is 19.5. The van der Waals surface area contributed by atoms with Crippen LogP contribution in [0.1, 0.15) is 51.1 Å². The lowest BCUT2D eigenvalue weighted by molar-refractivity contribution is -0.134. The van der Waals surface area contributed by atoms with Crippen molar-refractivity contribution in [3.63, 3.8) is 0 Å². The molecule has 1 amide bonds. The van der Waals surface area contributed by atoms with Gasteiger partial charge in [0.25, 0.3) is 0 Å². The van der Waals surface area contributed by atoms with Crippen LogP contribution in [0.25, 0.3) is 0 Å². The van der Waals surface area contributed by atoms with Gasteiger partial charge in [0, 0.05) is 50.3 Å². The molecular weight excluding hydrogens is 431 g/mol. The third kappa shape index (κ3) is 6.78.